The third-order valence-corrected chi connectivity index (χ3v) is 3.42. The van der Waals surface area contributed by atoms with E-state index in [1.54, 1.807) is 6.07 Å². The van der Waals surface area contributed by atoms with Gasteiger partial charge in [-0.15, -0.1) is 0 Å². The van der Waals surface area contributed by atoms with Gasteiger partial charge in [0, 0.05) is 6.20 Å². The van der Waals surface area contributed by atoms with Gasteiger partial charge in [-0.1, -0.05) is 0 Å². The molecule has 1 atom stereocenters. The van der Waals surface area contributed by atoms with Crippen LogP contribution < -0.4 is 10.2 Å². The quantitative estimate of drug-likeness (QED) is 0.850. The average molecular weight is 259 g/mol. The zero-order valence-electron chi connectivity index (χ0n) is 10.6. The molecule has 0 saturated heterocycles. The lowest BCUT2D eigenvalue weighted by atomic mass is 10.1. The first-order valence-corrected chi connectivity index (χ1v) is 6.04. The van der Waals surface area contributed by atoms with Gasteiger partial charge in [-0.3, -0.25) is 4.79 Å². The highest BCUT2D eigenvalue weighted by molar-refractivity contribution is 5.94. The fourth-order valence-corrected chi connectivity index (χ4v) is 2.49. The van der Waals surface area contributed by atoms with Crippen LogP contribution in [-0.4, -0.2) is 22.2 Å². The van der Waals surface area contributed by atoms with Crippen molar-refractivity contribution in [2.45, 2.75) is 19.9 Å². The smallest absolute Gasteiger partial charge is 0.341 e. The van der Waals surface area contributed by atoms with E-state index in [0.717, 1.165) is 5.56 Å². The fourth-order valence-electron chi connectivity index (χ4n) is 2.49. The first-order chi connectivity index (χ1) is 8.99. The maximum atomic E-state index is 12.2. The number of aryl methyl sites for hydroxylation is 1. The minimum Gasteiger partial charge on any atom is -0.489 e. The molecule has 0 bridgehead atoms. The van der Waals surface area contributed by atoms with Crippen LogP contribution in [0.5, 0.6) is 5.75 Å². The van der Waals surface area contributed by atoms with Crippen molar-refractivity contribution in [3.63, 3.8) is 0 Å². The van der Waals surface area contributed by atoms with E-state index < -0.39 is 11.4 Å². The first-order valence-electron chi connectivity index (χ1n) is 6.04. The number of pyridine rings is 1. The lowest BCUT2D eigenvalue weighted by Crippen LogP contribution is -2.26. The van der Waals surface area contributed by atoms with Gasteiger partial charge in [0.05, 0.1) is 16.9 Å². The molecule has 2 heterocycles. The molecule has 1 N–H and O–H groups in total. The summed E-state index contributed by atoms with van der Waals surface area (Å²) in [5.41, 5.74) is 0.904. The molecule has 1 aromatic carbocycles. The topological polar surface area (TPSA) is 68.5 Å². The Kier molecular flexibility index (Phi) is 2.38. The van der Waals surface area contributed by atoms with Crippen LogP contribution in [0.2, 0.25) is 0 Å². The molecule has 0 amide bonds. The van der Waals surface area contributed by atoms with Crippen molar-refractivity contribution >= 4 is 16.9 Å². The van der Waals surface area contributed by atoms with E-state index in [-0.39, 0.29) is 11.6 Å². The molecule has 1 aromatic heterocycles. The van der Waals surface area contributed by atoms with Crippen LogP contribution in [0.1, 0.15) is 28.9 Å². The summed E-state index contributed by atoms with van der Waals surface area (Å²) in [6.07, 6.45) is 1.42. The van der Waals surface area contributed by atoms with Gasteiger partial charge in [-0.05, 0) is 31.5 Å². The summed E-state index contributed by atoms with van der Waals surface area (Å²) in [7, 11) is 0. The van der Waals surface area contributed by atoms with E-state index in [1.807, 2.05) is 24.5 Å². The van der Waals surface area contributed by atoms with Crippen LogP contribution in [0.4, 0.5) is 0 Å². The largest absolute Gasteiger partial charge is 0.489 e. The van der Waals surface area contributed by atoms with Gasteiger partial charge in [-0.2, -0.15) is 0 Å². The van der Waals surface area contributed by atoms with Crippen molar-refractivity contribution < 1.29 is 14.6 Å². The van der Waals surface area contributed by atoms with Crippen LogP contribution >= 0.6 is 0 Å². The van der Waals surface area contributed by atoms with E-state index in [2.05, 4.69) is 0 Å². The van der Waals surface area contributed by atoms with E-state index in [1.165, 1.54) is 6.20 Å². The van der Waals surface area contributed by atoms with Crippen LogP contribution in [0.25, 0.3) is 10.9 Å². The van der Waals surface area contributed by atoms with Gasteiger partial charge in [0.25, 0.3) is 0 Å². The Hall–Kier alpha value is -2.30. The number of carboxylic acid groups (broad SMARTS) is 1. The molecule has 0 saturated carbocycles. The van der Waals surface area contributed by atoms with Gasteiger partial charge < -0.3 is 14.4 Å². The predicted molar refractivity (Wildman–Crippen MR) is 70.1 cm³/mol. The lowest BCUT2D eigenvalue weighted by Gasteiger charge is -2.27. The Morgan fingerprint density at radius 1 is 1.47 bits per heavy atom. The number of hydrogen-bond donors (Lipinski definition) is 1. The number of aromatic nitrogens is 1. The highest BCUT2D eigenvalue weighted by Gasteiger charge is 2.23. The Balaban J connectivity index is 2.53. The molecular formula is C14H13NO4. The number of rotatable bonds is 1. The minimum atomic E-state index is -1.20. The van der Waals surface area contributed by atoms with Crippen molar-refractivity contribution in [1.82, 2.24) is 4.57 Å². The molecule has 98 valence electrons. The van der Waals surface area contributed by atoms with Gasteiger partial charge in [0.15, 0.2) is 0 Å². The van der Waals surface area contributed by atoms with Crippen LogP contribution in [-0.2, 0) is 0 Å². The summed E-state index contributed by atoms with van der Waals surface area (Å²) in [5.74, 6) is -0.556. The second-order valence-electron chi connectivity index (χ2n) is 4.90. The number of nitrogens with zero attached hydrogens (tertiary/aromatic N) is 1. The summed E-state index contributed by atoms with van der Waals surface area (Å²) in [6.45, 7) is 4.25. The van der Waals surface area contributed by atoms with Crippen LogP contribution in [0.3, 0.4) is 0 Å². The maximum absolute atomic E-state index is 12.2. The highest BCUT2D eigenvalue weighted by Crippen LogP contribution is 2.32. The SMILES string of the molecule is Cc1cc2c3c(c1)c(=O)c(C(=O)O)cn3C(C)CO2. The molecule has 3 rings (SSSR count). The maximum Gasteiger partial charge on any atom is 0.341 e. The molecule has 5 heteroatoms. The van der Waals surface area contributed by atoms with Crippen molar-refractivity contribution in [3.8, 4) is 5.75 Å². The van der Waals surface area contributed by atoms with Crippen LogP contribution in [0.15, 0.2) is 23.1 Å². The van der Waals surface area contributed by atoms with Crippen molar-refractivity contribution in [2.24, 2.45) is 0 Å². The number of hydrogen-bond acceptors (Lipinski definition) is 3. The van der Waals surface area contributed by atoms with Gasteiger partial charge in [-0.25, -0.2) is 4.79 Å². The van der Waals surface area contributed by atoms with Crippen molar-refractivity contribution in [2.75, 3.05) is 6.61 Å². The fraction of sp³-hybridized carbons (Fsp3) is 0.286. The molecular weight excluding hydrogens is 246 g/mol. The molecule has 1 aliphatic rings. The number of ether oxygens (including phenoxy) is 1. The van der Waals surface area contributed by atoms with Gasteiger partial charge in [0.1, 0.15) is 17.9 Å². The number of benzene rings is 1. The number of carbonyl (C=O) groups is 1. The van der Waals surface area contributed by atoms with E-state index in [4.69, 9.17) is 9.84 Å². The first kappa shape index (κ1) is 11.8. The molecule has 1 unspecified atom stereocenters. The van der Waals surface area contributed by atoms with Crippen LogP contribution in [0, 0.1) is 6.92 Å². The van der Waals surface area contributed by atoms with Gasteiger partial charge >= 0.3 is 5.97 Å². The molecule has 19 heavy (non-hydrogen) atoms. The van der Waals surface area contributed by atoms with Gasteiger partial charge in [0.2, 0.25) is 5.43 Å². The summed E-state index contributed by atoms with van der Waals surface area (Å²) >= 11 is 0. The predicted octanol–water partition coefficient (Wildman–Crippen LogP) is 1.96. The normalized spacial score (nSPS) is 17.3. The molecule has 5 nitrogen and oxygen atoms in total. The molecule has 0 aliphatic carbocycles. The molecule has 2 aromatic rings. The third kappa shape index (κ3) is 1.62. The zero-order valence-corrected chi connectivity index (χ0v) is 10.6. The average Bonchev–Trinajstić information content (AvgIpc) is 2.35. The Morgan fingerprint density at radius 3 is 2.89 bits per heavy atom. The Labute approximate surface area is 109 Å². The molecule has 1 aliphatic heterocycles. The zero-order chi connectivity index (χ0) is 13.7. The second kappa shape index (κ2) is 3.85. The monoisotopic (exact) mass is 259 g/mol. The summed E-state index contributed by atoms with van der Waals surface area (Å²) in [4.78, 5) is 23.4. The molecule has 0 radical (unpaired) electrons. The van der Waals surface area contributed by atoms with Crippen molar-refractivity contribution in [3.05, 3.63) is 39.7 Å². The summed E-state index contributed by atoms with van der Waals surface area (Å²) in [5, 5.41) is 9.55. The Morgan fingerprint density at radius 2 is 2.21 bits per heavy atom. The third-order valence-electron chi connectivity index (χ3n) is 3.42. The Bertz CT molecular complexity index is 760. The molecule has 0 fully saturated rings. The number of aromatic carboxylic acids is 1. The second-order valence-corrected chi connectivity index (χ2v) is 4.90. The summed E-state index contributed by atoms with van der Waals surface area (Å²) in [6, 6.07) is 3.58. The van der Waals surface area contributed by atoms with E-state index in [9.17, 15) is 9.59 Å². The standard InChI is InChI=1S/C14H13NO4/c1-7-3-9-12-11(4-7)19-6-8(2)15(12)5-10(13(9)16)14(17)18/h3-5,8H,6H2,1-2H3,(H,17,18). The number of carboxylic acids is 1. The molecule has 0 spiro atoms. The lowest BCUT2D eigenvalue weighted by molar-refractivity contribution is 0.0694. The van der Waals surface area contributed by atoms with Crippen molar-refractivity contribution in [1.29, 1.82) is 0 Å². The minimum absolute atomic E-state index is 0.00333. The van der Waals surface area contributed by atoms with E-state index >= 15 is 0 Å². The van der Waals surface area contributed by atoms with E-state index in [0.29, 0.717) is 23.3 Å². The summed E-state index contributed by atoms with van der Waals surface area (Å²) < 4.78 is 7.45. The highest BCUT2D eigenvalue weighted by atomic mass is 16.5.